The molecule has 0 heterocycles. The summed E-state index contributed by atoms with van der Waals surface area (Å²) in [4.78, 5) is 22.4. The number of nitrogens with two attached hydrogens (primary N) is 1. The Balaban J connectivity index is 2.03. The van der Waals surface area contributed by atoms with Crippen molar-refractivity contribution < 1.29 is 27.1 Å². The Morgan fingerprint density at radius 2 is 1.72 bits per heavy atom. The molecular formula is C16H15FN2O5S. The molecule has 0 spiro atoms. The number of hydrogen-bond donors (Lipinski definition) is 2. The summed E-state index contributed by atoms with van der Waals surface area (Å²) in [6.45, 7) is -0.777. The molecule has 0 bridgehead atoms. The molecule has 7 nitrogen and oxygen atoms in total. The van der Waals surface area contributed by atoms with E-state index in [-0.39, 0.29) is 22.6 Å². The SMILES string of the molecule is NC(=O)CNS(=O)(=O)c1ccc(C(=O)OCc2ccccc2F)cc1. The summed E-state index contributed by atoms with van der Waals surface area (Å²) in [7, 11) is -3.91. The second-order valence-electron chi connectivity index (χ2n) is 4.98. The van der Waals surface area contributed by atoms with Crippen LogP contribution in [0.5, 0.6) is 0 Å². The number of carbonyl (C=O) groups excluding carboxylic acids is 2. The predicted octanol–water partition coefficient (Wildman–Crippen LogP) is 0.946. The van der Waals surface area contributed by atoms with Gasteiger partial charge in [0.05, 0.1) is 17.0 Å². The van der Waals surface area contributed by atoms with Gasteiger partial charge in [0.25, 0.3) is 0 Å². The zero-order valence-corrected chi connectivity index (χ0v) is 13.8. The molecule has 0 aliphatic carbocycles. The molecule has 132 valence electrons. The third-order valence-electron chi connectivity index (χ3n) is 3.15. The van der Waals surface area contributed by atoms with Crippen molar-refractivity contribution in [2.24, 2.45) is 5.73 Å². The van der Waals surface area contributed by atoms with E-state index < -0.39 is 34.3 Å². The topological polar surface area (TPSA) is 116 Å². The third kappa shape index (κ3) is 5.10. The number of nitrogens with one attached hydrogen (secondary N) is 1. The summed E-state index contributed by atoms with van der Waals surface area (Å²) in [5, 5.41) is 0. The van der Waals surface area contributed by atoms with Crippen molar-refractivity contribution in [1.82, 2.24) is 4.72 Å². The standard InChI is InChI=1S/C16H15FN2O5S/c17-14-4-2-1-3-12(14)10-24-16(21)11-5-7-13(8-6-11)25(22,23)19-9-15(18)20/h1-8,19H,9-10H2,(H2,18,20). The molecule has 1 amide bonds. The van der Waals surface area contributed by atoms with Crippen LogP contribution in [0.2, 0.25) is 0 Å². The van der Waals surface area contributed by atoms with Crippen LogP contribution < -0.4 is 10.5 Å². The summed E-state index contributed by atoms with van der Waals surface area (Å²) in [5.41, 5.74) is 5.21. The van der Waals surface area contributed by atoms with Gasteiger partial charge in [-0.2, -0.15) is 0 Å². The minimum Gasteiger partial charge on any atom is -0.457 e. The molecule has 0 unspecified atom stereocenters. The summed E-state index contributed by atoms with van der Waals surface area (Å²) in [6.07, 6.45) is 0. The number of carbonyl (C=O) groups is 2. The van der Waals surface area contributed by atoms with Crippen molar-refractivity contribution in [2.45, 2.75) is 11.5 Å². The van der Waals surface area contributed by atoms with Gasteiger partial charge >= 0.3 is 5.97 Å². The lowest BCUT2D eigenvalue weighted by Gasteiger charge is -2.07. The first-order valence-corrected chi connectivity index (χ1v) is 8.56. The number of primary amides is 1. The Labute approximate surface area is 143 Å². The lowest BCUT2D eigenvalue weighted by Crippen LogP contribution is -2.33. The van der Waals surface area contributed by atoms with Crippen molar-refractivity contribution in [3.63, 3.8) is 0 Å². The number of halogens is 1. The molecule has 2 aromatic rings. The van der Waals surface area contributed by atoms with Gasteiger partial charge in [0, 0.05) is 5.56 Å². The van der Waals surface area contributed by atoms with Crippen LogP contribution in [-0.2, 0) is 26.2 Å². The second-order valence-corrected chi connectivity index (χ2v) is 6.75. The van der Waals surface area contributed by atoms with Crippen LogP contribution >= 0.6 is 0 Å². The first-order valence-electron chi connectivity index (χ1n) is 7.08. The van der Waals surface area contributed by atoms with Gasteiger partial charge in [0.1, 0.15) is 12.4 Å². The number of benzene rings is 2. The van der Waals surface area contributed by atoms with Crippen molar-refractivity contribution in [2.75, 3.05) is 6.54 Å². The van der Waals surface area contributed by atoms with Crippen molar-refractivity contribution >= 4 is 21.9 Å². The van der Waals surface area contributed by atoms with Gasteiger partial charge in [-0.15, -0.1) is 0 Å². The zero-order chi connectivity index (χ0) is 18.4. The molecule has 0 fully saturated rings. The van der Waals surface area contributed by atoms with Gasteiger partial charge in [-0.05, 0) is 30.3 Å². The Bertz CT molecular complexity index is 882. The van der Waals surface area contributed by atoms with Gasteiger partial charge in [-0.3, -0.25) is 4.79 Å². The molecular weight excluding hydrogens is 351 g/mol. The van der Waals surface area contributed by atoms with E-state index in [1.165, 1.54) is 42.5 Å². The lowest BCUT2D eigenvalue weighted by molar-refractivity contribution is -0.116. The Kier molecular flexibility index (Phi) is 5.84. The normalized spacial score (nSPS) is 11.1. The summed E-state index contributed by atoms with van der Waals surface area (Å²) >= 11 is 0. The Hall–Kier alpha value is -2.78. The molecule has 25 heavy (non-hydrogen) atoms. The van der Waals surface area contributed by atoms with Gasteiger partial charge < -0.3 is 10.5 Å². The van der Waals surface area contributed by atoms with Gasteiger partial charge in [-0.25, -0.2) is 22.3 Å². The van der Waals surface area contributed by atoms with E-state index in [0.29, 0.717) is 0 Å². The lowest BCUT2D eigenvalue weighted by atomic mass is 10.2. The number of hydrogen-bond acceptors (Lipinski definition) is 5. The molecule has 3 N–H and O–H groups in total. The molecule has 0 aliphatic rings. The van der Waals surface area contributed by atoms with Gasteiger partial charge in [0.15, 0.2) is 0 Å². The van der Waals surface area contributed by atoms with Crippen LogP contribution in [0.4, 0.5) is 4.39 Å². The molecule has 0 radical (unpaired) electrons. The quantitative estimate of drug-likeness (QED) is 0.708. The molecule has 0 aliphatic heterocycles. The van der Waals surface area contributed by atoms with E-state index in [0.717, 1.165) is 0 Å². The fraction of sp³-hybridized carbons (Fsp3) is 0.125. The van der Waals surface area contributed by atoms with E-state index in [2.05, 4.69) is 0 Å². The highest BCUT2D eigenvalue weighted by Gasteiger charge is 2.16. The van der Waals surface area contributed by atoms with E-state index in [9.17, 15) is 22.4 Å². The predicted molar refractivity (Wildman–Crippen MR) is 86.3 cm³/mol. The maximum Gasteiger partial charge on any atom is 0.338 e. The smallest absolute Gasteiger partial charge is 0.338 e. The Morgan fingerprint density at radius 1 is 1.08 bits per heavy atom. The average molecular weight is 366 g/mol. The fourth-order valence-electron chi connectivity index (χ4n) is 1.86. The molecule has 0 atom stereocenters. The molecule has 0 saturated heterocycles. The first kappa shape index (κ1) is 18.6. The summed E-state index contributed by atoms with van der Waals surface area (Å²) < 4.78 is 44.2. The highest BCUT2D eigenvalue weighted by atomic mass is 32.2. The van der Waals surface area contributed by atoms with Crippen LogP contribution in [0.15, 0.2) is 53.4 Å². The van der Waals surface area contributed by atoms with Gasteiger partial charge in [-0.1, -0.05) is 18.2 Å². The van der Waals surface area contributed by atoms with E-state index in [1.807, 2.05) is 4.72 Å². The van der Waals surface area contributed by atoms with E-state index in [4.69, 9.17) is 10.5 Å². The highest BCUT2D eigenvalue weighted by molar-refractivity contribution is 7.89. The third-order valence-corrected chi connectivity index (χ3v) is 4.57. The van der Waals surface area contributed by atoms with Crippen LogP contribution in [0.3, 0.4) is 0 Å². The number of ether oxygens (including phenoxy) is 1. The molecule has 0 aromatic heterocycles. The van der Waals surface area contributed by atoms with Crippen LogP contribution in [0, 0.1) is 5.82 Å². The monoisotopic (exact) mass is 366 g/mol. The first-order chi connectivity index (χ1) is 11.8. The average Bonchev–Trinajstić information content (AvgIpc) is 2.59. The van der Waals surface area contributed by atoms with Crippen LogP contribution in [0.1, 0.15) is 15.9 Å². The van der Waals surface area contributed by atoms with Crippen LogP contribution in [-0.4, -0.2) is 26.8 Å². The van der Waals surface area contributed by atoms with E-state index in [1.54, 1.807) is 6.07 Å². The van der Waals surface area contributed by atoms with E-state index >= 15 is 0 Å². The van der Waals surface area contributed by atoms with Crippen molar-refractivity contribution in [1.29, 1.82) is 0 Å². The largest absolute Gasteiger partial charge is 0.457 e. The maximum atomic E-state index is 13.5. The summed E-state index contributed by atoms with van der Waals surface area (Å²) in [6, 6.07) is 10.7. The molecule has 9 heteroatoms. The van der Waals surface area contributed by atoms with Gasteiger partial charge in [0.2, 0.25) is 15.9 Å². The zero-order valence-electron chi connectivity index (χ0n) is 12.9. The number of sulfonamides is 1. The summed E-state index contributed by atoms with van der Waals surface area (Å²) in [5.74, 6) is -2.04. The molecule has 2 rings (SSSR count). The number of amides is 1. The van der Waals surface area contributed by atoms with Crippen LogP contribution in [0.25, 0.3) is 0 Å². The fourth-order valence-corrected chi connectivity index (χ4v) is 2.86. The molecule has 2 aromatic carbocycles. The Morgan fingerprint density at radius 3 is 2.32 bits per heavy atom. The van der Waals surface area contributed by atoms with Crippen molar-refractivity contribution in [3.05, 3.63) is 65.5 Å². The maximum absolute atomic E-state index is 13.5. The second kappa shape index (κ2) is 7.86. The minimum absolute atomic E-state index is 0.102. The number of rotatable bonds is 7. The number of esters is 1. The molecule has 0 saturated carbocycles. The van der Waals surface area contributed by atoms with Crippen molar-refractivity contribution in [3.8, 4) is 0 Å². The minimum atomic E-state index is -3.91. The highest BCUT2D eigenvalue weighted by Crippen LogP contribution is 2.13.